The Morgan fingerprint density at radius 1 is 1.42 bits per heavy atom. The third-order valence-electron chi connectivity index (χ3n) is 4.54. The maximum atomic E-state index is 6.23. The number of benzene rings is 1. The van der Waals surface area contributed by atoms with E-state index >= 15 is 0 Å². The normalized spacial score (nSPS) is 22.1. The molecule has 2 aliphatic carbocycles. The van der Waals surface area contributed by atoms with Gasteiger partial charge in [0.1, 0.15) is 5.75 Å². The van der Waals surface area contributed by atoms with Crippen LogP contribution in [0, 0.1) is 12.8 Å². The van der Waals surface area contributed by atoms with Gasteiger partial charge in [-0.15, -0.1) is 0 Å². The van der Waals surface area contributed by atoms with Gasteiger partial charge in [-0.2, -0.15) is 0 Å². The van der Waals surface area contributed by atoms with Crippen molar-refractivity contribution in [3.63, 3.8) is 0 Å². The molecule has 2 fully saturated rings. The molecule has 0 bridgehead atoms. The van der Waals surface area contributed by atoms with Gasteiger partial charge < -0.3 is 10.5 Å². The van der Waals surface area contributed by atoms with Crippen LogP contribution in [0.1, 0.15) is 43.7 Å². The van der Waals surface area contributed by atoms with Crippen LogP contribution >= 0.6 is 15.9 Å². The molecule has 0 heterocycles. The van der Waals surface area contributed by atoms with E-state index in [1.54, 1.807) is 0 Å². The maximum absolute atomic E-state index is 6.23. The lowest BCUT2D eigenvalue weighted by atomic mass is 9.88. The minimum absolute atomic E-state index is 0.146. The molecule has 0 aliphatic heterocycles. The van der Waals surface area contributed by atoms with Crippen LogP contribution in [0.2, 0.25) is 0 Å². The van der Waals surface area contributed by atoms with Gasteiger partial charge in [0.05, 0.1) is 11.1 Å². The highest BCUT2D eigenvalue weighted by molar-refractivity contribution is 9.10. The lowest BCUT2D eigenvalue weighted by Crippen LogP contribution is -2.32. The van der Waals surface area contributed by atoms with E-state index in [2.05, 4.69) is 41.9 Å². The van der Waals surface area contributed by atoms with Crippen molar-refractivity contribution < 1.29 is 4.74 Å². The molecule has 1 unspecified atom stereocenters. The van der Waals surface area contributed by atoms with E-state index in [1.165, 1.54) is 36.8 Å². The molecule has 0 amide bonds. The second-order valence-corrected chi connectivity index (χ2v) is 7.18. The van der Waals surface area contributed by atoms with Gasteiger partial charge >= 0.3 is 0 Å². The Kier molecular flexibility index (Phi) is 3.38. The van der Waals surface area contributed by atoms with Gasteiger partial charge in [-0.1, -0.05) is 6.07 Å². The van der Waals surface area contributed by atoms with Crippen molar-refractivity contribution >= 4 is 15.9 Å². The van der Waals surface area contributed by atoms with Crippen LogP contribution in [0.15, 0.2) is 16.6 Å². The number of aryl methyl sites for hydroxylation is 1. The summed E-state index contributed by atoms with van der Waals surface area (Å²) >= 11 is 3.67. The number of nitrogens with two attached hydrogens (primary N) is 1. The Morgan fingerprint density at radius 3 is 2.63 bits per heavy atom. The first-order chi connectivity index (χ1) is 9.03. The van der Waals surface area contributed by atoms with Gasteiger partial charge in [-0.3, -0.25) is 0 Å². The summed E-state index contributed by atoms with van der Waals surface area (Å²) in [7, 11) is 0. The molecule has 1 atom stereocenters. The lowest BCUT2D eigenvalue weighted by Gasteiger charge is -2.24. The Labute approximate surface area is 123 Å². The van der Waals surface area contributed by atoms with Crippen molar-refractivity contribution in [2.75, 3.05) is 6.61 Å². The molecule has 0 saturated heterocycles. The molecular weight excluding hydrogens is 302 g/mol. The van der Waals surface area contributed by atoms with Gasteiger partial charge in [-0.25, -0.2) is 0 Å². The molecule has 3 rings (SSSR count). The van der Waals surface area contributed by atoms with E-state index in [-0.39, 0.29) is 11.5 Å². The van der Waals surface area contributed by atoms with Crippen molar-refractivity contribution in [3.8, 4) is 5.75 Å². The van der Waals surface area contributed by atoms with Crippen molar-refractivity contribution in [1.82, 2.24) is 0 Å². The monoisotopic (exact) mass is 323 g/mol. The van der Waals surface area contributed by atoms with Gasteiger partial charge in [0, 0.05) is 17.0 Å². The lowest BCUT2D eigenvalue weighted by molar-refractivity contribution is 0.291. The molecule has 2 aliphatic rings. The highest BCUT2D eigenvalue weighted by atomic mass is 79.9. The number of hydrogen-bond donors (Lipinski definition) is 1. The number of hydrogen-bond acceptors (Lipinski definition) is 2. The first-order valence-corrected chi connectivity index (χ1v) is 8.01. The maximum Gasteiger partial charge on any atom is 0.137 e. The summed E-state index contributed by atoms with van der Waals surface area (Å²) in [6.07, 6.45) is 5.00. The Bertz CT molecular complexity index is 490. The van der Waals surface area contributed by atoms with E-state index in [1.807, 2.05) is 0 Å². The molecular formula is C16H22BrNO. The number of halogens is 1. The molecule has 0 radical (unpaired) electrons. The van der Waals surface area contributed by atoms with Crippen LogP contribution in [0.4, 0.5) is 0 Å². The van der Waals surface area contributed by atoms with Crippen molar-refractivity contribution in [2.45, 2.75) is 51.0 Å². The predicted molar refractivity (Wildman–Crippen MR) is 81.7 cm³/mol. The predicted octanol–water partition coefficient (Wildman–Crippen LogP) is 3.93. The quantitative estimate of drug-likeness (QED) is 0.891. The average molecular weight is 324 g/mol. The van der Waals surface area contributed by atoms with Crippen LogP contribution in [0.3, 0.4) is 0 Å². The molecule has 19 heavy (non-hydrogen) atoms. The summed E-state index contributed by atoms with van der Waals surface area (Å²) in [6, 6.07) is 4.59. The molecule has 3 heteroatoms. The van der Waals surface area contributed by atoms with Crippen LogP contribution in [0.25, 0.3) is 0 Å². The van der Waals surface area contributed by atoms with Gasteiger partial charge in [0.15, 0.2) is 0 Å². The fourth-order valence-electron chi connectivity index (χ4n) is 2.84. The topological polar surface area (TPSA) is 35.2 Å². The number of rotatable bonds is 5. The summed E-state index contributed by atoms with van der Waals surface area (Å²) in [5.74, 6) is 1.80. The zero-order valence-electron chi connectivity index (χ0n) is 11.7. The highest BCUT2D eigenvalue weighted by Gasteiger charge is 2.49. The van der Waals surface area contributed by atoms with E-state index in [4.69, 9.17) is 10.5 Å². The fourth-order valence-corrected chi connectivity index (χ4v) is 3.52. The van der Waals surface area contributed by atoms with Crippen LogP contribution in [0.5, 0.6) is 5.75 Å². The number of ether oxygens (including phenoxy) is 1. The molecule has 1 aromatic carbocycles. The summed E-state index contributed by atoms with van der Waals surface area (Å²) in [5, 5.41) is 0. The van der Waals surface area contributed by atoms with Crippen LogP contribution in [-0.2, 0) is 5.41 Å². The first-order valence-electron chi connectivity index (χ1n) is 7.22. The molecule has 0 spiro atoms. The standard InChI is InChI=1S/C16H22BrNO/c1-10-7-13(16(5-6-16)11(2)18)15(14(17)8-10)19-9-12-3-4-12/h7-8,11-12H,3-6,9,18H2,1-2H3. The minimum atomic E-state index is 0.146. The molecule has 1 aromatic rings. The van der Waals surface area contributed by atoms with E-state index < -0.39 is 0 Å². The fraction of sp³-hybridized carbons (Fsp3) is 0.625. The van der Waals surface area contributed by atoms with Crippen LogP contribution in [-0.4, -0.2) is 12.6 Å². The summed E-state index contributed by atoms with van der Waals surface area (Å²) in [6.45, 7) is 5.10. The second-order valence-electron chi connectivity index (χ2n) is 6.32. The first kappa shape index (κ1) is 13.4. The van der Waals surface area contributed by atoms with E-state index in [0.717, 1.165) is 22.7 Å². The van der Waals surface area contributed by atoms with Gasteiger partial charge in [0.2, 0.25) is 0 Å². The smallest absolute Gasteiger partial charge is 0.137 e. The SMILES string of the molecule is Cc1cc(Br)c(OCC2CC2)c(C2(C(C)N)CC2)c1. The second kappa shape index (κ2) is 4.78. The third-order valence-corrected chi connectivity index (χ3v) is 5.13. The zero-order chi connectivity index (χ0) is 13.6. The van der Waals surface area contributed by atoms with Crippen molar-refractivity contribution in [2.24, 2.45) is 11.7 Å². The Hall–Kier alpha value is -0.540. The van der Waals surface area contributed by atoms with Gasteiger partial charge in [0.25, 0.3) is 0 Å². The van der Waals surface area contributed by atoms with Crippen molar-refractivity contribution in [3.05, 3.63) is 27.7 Å². The van der Waals surface area contributed by atoms with E-state index in [9.17, 15) is 0 Å². The molecule has 2 N–H and O–H groups in total. The molecule has 2 nitrogen and oxygen atoms in total. The summed E-state index contributed by atoms with van der Waals surface area (Å²) in [5.41, 5.74) is 8.96. The van der Waals surface area contributed by atoms with E-state index in [0.29, 0.717) is 0 Å². The minimum Gasteiger partial charge on any atom is -0.492 e. The molecule has 104 valence electrons. The molecule has 0 aromatic heterocycles. The van der Waals surface area contributed by atoms with Gasteiger partial charge in [-0.05, 0) is 73.0 Å². The molecule has 2 saturated carbocycles. The zero-order valence-corrected chi connectivity index (χ0v) is 13.3. The Balaban J connectivity index is 1.95. The van der Waals surface area contributed by atoms with Crippen LogP contribution < -0.4 is 10.5 Å². The summed E-state index contributed by atoms with van der Waals surface area (Å²) in [4.78, 5) is 0. The Morgan fingerprint density at radius 2 is 2.11 bits per heavy atom. The largest absolute Gasteiger partial charge is 0.492 e. The summed E-state index contributed by atoms with van der Waals surface area (Å²) < 4.78 is 7.20. The highest BCUT2D eigenvalue weighted by Crippen LogP contribution is 2.55. The third kappa shape index (κ3) is 2.55. The van der Waals surface area contributed by atoms with Crippen molar-refractivity contribution in [1.29, 1.82) is 0 Å². The average Bonchev–Trinajstić information content (AvgIpc) is 3.22.